The molecule has 0 aliphatic rings. The van der Waals surface area contributed by atoms with Crippen LogP contribution in [0.25, 0.3) is 0 Å². The van der Waals surface area contributed by atoms with Gasteiger partial charge < -0.3 is 10.2 Å². The Bertz CT molecular complexity index is 567. The van der Waals surface area contributed by atoms with Gasteiger partial charge in [0.1, 0.15) is 5.82 Å². The van der Waals surface area contributed by atoms with Crippen molar-refractivity contribution in [3.8, 4) is 0 Å². The lowest BCUT2D eigenvalue weighted by molar-refractivity contribution is 0.588. The molecule has 2 rings (SSSR count). The first-order chi connectivity index (χ1) is 10.0. The molecule has 0 amide bonds. The number of benzene rings is 1. The first-order valence-corrected chi connectivity index (χ1v) is 7.56. The Morgan fingerprint density at radius 1 is 1.14 bits per heavy atom. The highest BCUT2D eigenvalue weighted by Gasteiger charge is 2.05. The van der Waals surface area contributed by atoms with E-state index in [2.05, 4.69) is 48.2 Å². The van der Waals surface area contributed by atoms with Crippen molar-refractivity contribution in [1.82, 2.24) is 10.3 Å². The quantitative estimate of drug-likeness (QED) is 0.878. The van der Waals surface area contributed by atoms with Gasteiger partial charge >= 0.3 is 0 Å². The molecule has 0 spiro atoms. The zero-order valence-corrected chi connectivity index (χ0v) is 13.6. The lowest BCUT2D eigenvalue weighted by Crippen LogP contribution is -2.22. The van der Waals surface area contributed by atoms with E-state index in [1.165, 1.54) is 11.1 Å². The molecule has 21 heavy (non-hydrogen) atoms. The Hall–Kier alpha value is -1.58. The Morgan fingerprint density at radius 3 is 2.52 bits per heavy atom. The highest BCUT2D eigenvalue weighted by atomic mass is 35.5. The van der Waals surface area contributed by atoms with E-state index in [0.29, 0.717) is 6.04 Å². The van der Waals surface area contributed by atoms with Crippen molar-refractivity contribution in [1.29, 1.82) is 0 Å². The molecule has 112 valence electrons. The zero-order valence-electron chi connectivity index (χ0n) is 12.8. The average molecular weight is 304 g/mol. The minimum atomic E-state index is 0.480. The van der Waals surface area contributed by atoms with Gasteiger partial charge in [-0.3, -0.25) is 0 Å². The third-order valence-electron chi connectivity index (χ3n) is 3.25. The zero-order chi connectivity index (χ0) is 15.2. The van der Waals surface area contributed by atoms with Gasteiger partial charge in [0.25, 0.3) is 0 Å². The highest BCUT2D eigenvalue weighted by Crippen LogP contribution is 2.16. The van der Waals surface area contributed by atoms with E-state index < -0.39 is 0 Å². The Morgan fingerprint density at radius 2 is 1.86 bits per heavy atom. The van der Waals surface area contributed by atoms with Crippen LogP contribution in [0.3, 0.4) is 0 Å². The molecule has 1 aromatic carbocycles. The molecule has 0 atom stereocenters. The fourth-order valence-corrected chi connectivity index (χ4v) is 2.17. The molecule has 0 fully saturated rings. The van der Waals surface area contributed by atoms with Gasteiger partial charge in [0.15, 0.2) is 0 Å². The summed E-state index contributed by atoms with van der Waals surface area (Å²) in [7, 11) is 2.05. The monoisotopic (exact) mass is 303 g/mol. The number of hydrogen-bond acceptors (Lipinski definition) is 3. The fraction of sp³-hybridized carbons (Fsp3) is 0.353. The summed E-state index contributed by atoms with van der Waals surface area (Å²) in [4.78, 5) is 6.59. The predicted molar refractivity (Wildman–Crippen MR) is 89.8 cm³/mol. The van der Waals surface area contributed by atoms with Crippen LogP contribution in [0.15, 0.2) is 42.6 Å². The Labute approximate surface area is 132 Å². The van der Waals surface area contributed by atoms with E-state index in [9.17, 15) is 0 Å². The summed E-state index contributed by atoms with van der Waals surface area (Å²) in [6, 6.07) is 12.6. The third-order valence-corrected chi connectivity index (χ3v) is 3.50. The number of aromatic nitrogens is 1. The van der Waals surface area contributed by atoms with Crippen molar-refractivity contribution in [3.05, 3.63) is 58.7 Å². The molecule has 0 saturated heterocycles. The topological polar surface area (TPSA) is 28.2 Å². The van der Waals surface area contributed by atoms with E-state index in [0.717, 1.165) is 23.9 Å². The maximum Gasteiger partial charge on any atom is 0.128 e. The first kappa shape index (κ1) is 15.8. The number of nitrogens with zero attached hydrogens (tertiary/aromatic N) is 2. The smallest absolute Gasteiger partial charge is 0.128 e. The van der Waals surface area contributed by atoms with Crippen molar-refractivity contribution in [2.75, 3.05) is 11.9 Å². The van der Waals surface area contributed by atoms with Gasteiger partial charge in [0.05, 0.1) is 0 Å². The normalized spacial score (nSPS) is 10.9. The van der Waals surface area contributed by atoms with Crippen LogP contribution in [0, 0.1) is 0 Å². The molecule has 1 N–H and O–H groups in total. The molecule has 0 saturated carbocycles. The summed E-state index contributed by atoms with van der Waals surface area (Å²) in [5.74, 6) is 0.980. The van der Waals surface area contributed by atoms with Crippen molar-refractivity contribution in [3.63, 3.8) is 0 Å². The van der Waals surface area contributed by atoms with E-state index in [1.807, 2.05) is 30.5 Å². The van der Waals surface area contributed by atoms with Crippen LogP contribution in [0.4, 0.5) is 5.82 Å². The molecular formula is C17H22ClN3. The Kier molecular flexibility index (Phi) is 5.59. The average Bonchev–Trinajstić information content (AvgIpc) is 2.48. The number of hydrogen-bond donors (Lipinski definition) is 1. The second-order valence-electron chi connectivity index (χ2n) is 5.54. The van der Waals surface area contributed by atoms with Gasteiger partial charge in [-0.2, -0.15) is 0 Å². The summed E-state index contributed by atoms with van der Waals surface area (Å²) in [6.45, 7) is 5.97. The van der Waals surface area contributed by atoms with Crippen molar-refractivity contribution >= 4 is 17.4 Å². The molecule has 0 aliphatic carbocycles. The summed E-state index contributed by atoms with van der Waals surface area (Å²) in [5.41, 5.74) is 2.46. The number of pyridine rings is 1. The van der Waals surface area contributed by atoms with Crippen LogP contribution in [-0.4, -0.2) is 18.1 Å². The minimum Gasteiger partial charge on any atom is -0.355 e. The van der Waals surface area contributed by atoms with Gasteiger partial charge in [-0.05, 0) is 35.4 Å². The van der Waals surface area contributed by atoms with Crippen LogP contribution in [-0.2, 0) is 13.1 Å². The third kappa shape index (κ3) is 5.03. The van der Waals surface area contributed by atoms with Crippen molar-refractivity contribution < 1.29 is 0 Å². The van der Waals surface area contributed by atoms with Crippen LogP contribution < -0.4 is 10.2 Å². The summed E-state index contributed by atoms with van der Waals surface area (Å²) in [5, 5.41) is 4.19. The standard InChI is InChI=1S/C17H22ClN3/c1-13(2)20-11-15-8-9-19-17(10-15)21(3)12-14-4-6-16(18)7-5-14/h4-10,13,20H,11-12H2,1-3H3. The second-order valence-corrected chi connectivity index (χ2v) is 5.98. The first-order valence-electron chi connectivity index (χ1n) is 7.18. The van der Waals surface area contributed by atoms with Crippen molar-refractivity contribution in [2.24, 2.45) is 0 Å². The van der Waals surface area contributed by atoms with Gasteiger partial charge in [0.2, 0.25) is 0 Å². The lowest BCUT2D eigenvalue weighted by atomic mass is 10.2. The number of nitrogens with one attached hydrogen (secondary N) is 1. The molecule has 2 aromatic rings. The molecular weight excluding hydrogens is 282 g/mol. The van der Waals surface area contributed by atoms with Gasteiger partial charge in [-0.15, -0.1) is 0 Å². The maximum absolute atomic E-state index is 5.91. The predicted octanol–water partition coefficient (Wildman–Crippen LogP) is 3.87. The molecule has 0 unspecified atom stereocenters. The molecule has 0 bridgehead atoms. The Balaban J connectivity index is 2.03. The highest BCUT2D eigenvalue weighted by molar-refractivity contribution is 6.30. The van der Waals surface area contributed by atoms with Crippen LogP contribution in [0.2, 0.25) is 5.02 Å². The van der Waals surface area contributed by atoms with E-state index in [-0.39, 0.29) is 0 Å². The number of halogens is 1. The fourth-order valence-electron chi connectivity index (χ4n) is 2.05. The van der Waals surface area contributed by atoms with Gasteiger partial charge in [-0.1, -0.05) is 37.6 Å². The van der Waals surface area contributed by atoms with E-state index in [1.54, 1.807) is 0 Å². The molecule has 0 radical (unpaired) electrons. The maximum atomic E-state index is 5.91. The molecule has 1 heterocycles. The van der Waals surface area contributed by atoms with Crippen molar-refractivity contribution in [2.45, 2.75) is 33.0 Å². The summed E-state index contributed by atoms with van der Waals surface area (Å²) >= 11 is 5.91. The SMILES string of the molecule is CC(C)NCc1ccnc(N(C)Cc2ccc(Cl)cc2)c1. The second kappa shape index (κ2) is 7.43. The lowest BCUT2D eigenvalue weighted by Gasteiger charge is -2.19. The number of rotatable bonds is 6. The molecule has 4 heteroatoms. The van der Waals surface area contributed by atoms with E-state index >= 15 is 0 Å². The summed E-state index contributed by atoms with van der Waals surface area (Å²) in [6.07, 6.45) is 1.87. The van der Waals surface area contributed by atoms with Crippen LogP contribution >= 0.6 is 11.6 Å². The van der Waals surface area contributed by atoms with E-state index in [4.69, 9.17) is 11.6 Å². The molecule has 1 aromatic heterocycles. The molecule has 0 aliphatic heterocycles. The number of anilines is 1. The van der Waals surface area contributed by atoms with Crippen LogP contribution in [0.5, 0.6) is 0 Å². The van der Waals surface area contributed by atoms with Gasteiger partial charge in [-0.25, -0.2) is 4.98 Å². The summed E-state index contributed by atoms with van der Waals surface area (Å²) < 4.78 is 0. The molecule has 3 nitrogen and oxygen atoms in total. The largest absolute Gasteiger partial charge is 0.355 e. The van der Waals surface area contributed by atoms with Crippen LogP contribution in [0.1, 0.15) is 25.0 Å². The minimum absolute atomic E-state index is 0.480. The van der Waals surface area contributed by atoms with Gasteiger partial charge in [0, 0.05) is 37.4 Å².